The summed E-state index contributed by atoms with van der Waals surface area (Å²) >= 11 is 1.64. The first-order chi connectivity index (χ1) is 10.3. The Balaban J connectivity index is 1.68. The van der Waals surface area contributed by atoms with Crippen molar-refractivity contribution in [3.8, 4) is 11.1 Å². The van der Waals surface area contributed by atoms with Crippen molar-refractivity contribution in [1.29, 1.82) is 0 Å². The summed E-state index contributed by atoms with van der Waals surface area (Å²) in [5.41, 5.74) is 4.89. The Morgan fingerprint density at radius 2 is 1.43 bits per heavy atom. The lowest BCUT2D eigenvalue weighted by atomic mass is 10.1. The molecule has 0 aliphatic heterocycles. The highest BCUT2D eigenvalue weighted by Gasteiger charge is 1.99. The number of aryl methyl sites for hydroxylation is 1. The number of hydrogen-bond donors (Lipinski definition) is 1. The van der Waals surface area contributed by atoms with Gasteiger partial charge in [0.1, 0.15) is 0 Å². The summed E-state index contributed by atoms with van der Waals surface area (Å²) in [7, 11) is 0. The summed E-state index contributed by atoms with van der Waals surface area (Å²) in [6.45, 7) is 2.10. The molecule has 0 saturated heterocycles. The van der Waals surface area contributed by atoms with Gasteiger partial charge >= 0.3 is 0 Å². The molecule has 0 spiro atoms. The van der Waals surface area contributed by atoms with Crippen molar-refractivity contribution >= 4 is 17.6 Å². The van der Waals surface area contributed by atoms with Gasteiger partial charge in [-0.3, -0.25) is 0 Å². The molecule has 104 valence electrons. The van der Waals surface area contributed by atoms with E-state index in [1.807, 2.05) is 6.07 Å². The number of nitrogens with one attached hydrogen (secondary N) is 1. The van der Waals surface area contributed by atoms with Crippen molar-refractivity contribution in [2.24, 2.45) is 0 Å². The lowest BCUT2D eigenvalue weighted by molar-refractivity contribution is 1.45. The summed E-state index contributed by atoms with van der Waals surface area (Å²) in [6.07, 6.45) is 0. The molecule has 0 aromatic heterocycles. The van der Waals surface area contributed by atoms with Crippen molar-refractivity contribution in [2.75, 3.05) is 4.72 Å². The van der Waals surface area contributed by atoms with E-state index >= 15 is 0 Å². The number of rotatable bonds is 4. The molecule has 3 aromatic rings. The van der Waals surface area contributed by atoms with Crippen LogP contribution in [0.3, 0.4) is 0 Å². The van der Waals surface area contributed by atoms with Crippen LogP contribution in [0, 0.1) is 6.92 Å². The molecule has 0 aliphatic carbocycles. The van der Waals surface area contributed by atoms with Crippen LogP contribution >= 0.6 is 11.9 Å². The van der Waals surface area contributed by atoms with E-state index in [0.717, 1.165) is 5.69 Å². The second-order valence-corrected chi connectivity index (χ2v) is 5.84. The van der Waals surface area contributed by atoms with Crippen LogP contribution in [-0.2, 0) is 0 Å². The molecule has 0 bridgehead atoms. The third-order valence-corrected chi connectivity index (χ3v) is 4.11. The summed E-state index contributed by atoms with van der Waals surface area (Å²) in [4.78, 5) is 1.20. The minimum absolute atomic E-state index is 1.13. The van der Waals surface area contributed by atoms with Gasteiger partial charge in [0.2, 0.25) is 0 Å². The third kappa shape index (κ3) is 3.67. The standard InChI is InChI=1S/C19H17NS/c1-15-6-5-9-18(14-15)20-21-19-12-10-17(11-13-19)16-7-3-2-4-8-16/h2-14,20H,1H3. The zero-order valence-corrected chi connectivity index (χ0v) is 12.7. The summed E-state index contributed by atoms with van der Waals surface area (Å²) in [6, 6.07) is 27.5. The quantitative estimate of drug-likeness (QED) is 0.611. The molecular formula is C19H17NS. The van der Waals surface area contributed by atoms with Crippen LogP contribution in [0.25, 0.3) is 11.1 Å². The van der Waals surface area contributed by atoms with Crippen molar-refractivity contribution in [2.45, 2.75) is 11.8 Å². The first kappa shape index (κ1) is 13.8. The predicted molar refractivity (Wildman–Crippen MR) is 92.5 cm³/mol. The fourth-order valence-electron chi connectivity index (χ4n) is 2.17. The average molecular weight is 291 g/mol. The van der Waals surface area contributed by atoms with Crippen molar-refractivity contribution in [3.05, 3.63) is 84.4 Å². The minimum atomic E-state index is 1.13. The Morgan fingerprint density at radius 3 is 2.14 bits per heavy atom. The maximum Gasteiger partial charge on any atom is 0.0445 e. The van der Waals surface area contributed by atoms with E-state index in [2.05, 4.69) is 84.4 Å². The highest BCUT2D eigenvalue weighted by Crippen LogP contribution is 2.25. The molecule has 0 atom stereocenters. The molecule has 1 nitrogen and oxygen atoms in total. The maximum absolute atomic E-state index is 3.38. The highest BCUT2D eigenvalue weighted by atomic mass is 32.2. The van der Waals surface area contributed by atoms with Crippen LogP contribution in [0.15, 0.2) is 83.8 Å². The molecule has 0 fully saturated rings. The van der Waals surface area contributed by atoms with Crippen LogP contribution < -0.4 is 4.72 Å². The fourth-order valence-corrected chi connectivity index (χ4v) is 2.81. The first-order valence-corrected chi connectivity index (χ1v) is 7.78. The Hall–Kier alpha value is -2.19. The molecule has 0 saturated carbocycles. The number of benzene rings is 3. The van der Waals surface area contributed by atoms with Crippen molar-refractivity contribution in [1.82, 2.24) is 0 Å². The van der Waals surface area contributed by atoms with E-state index in [0.29, 0.717) is 0 Å². The molecule has 0 amide bonds. The van der Waals surface area contributed by atoms with Gasteiger partial charge in [-0.15, -0.1) is 0 Å². The monoisotopic (exact) mass is 291 g/mol. The summed E-state index contributed by atoms with van der Waals surface area (Å²) in [5, 5.41) is 0. The minimum Gasteiger partial charge on any atom is -0.326 e. The molecule has 21 heavy (non-hydrogen) atoms. The Morgan fingerprint density at radius 1 is 0.714 bits per heavy atom. The van der Waals surface area contributed by atoms with Crippen molar-refractivity contribution < 1.29 is 0 Å². The average Bonchev–Trinajstić information content (AvgIpc) is 2.54. The lowest BCUT2D eigenvalue weighted by Crippen LogP contribution is -1.87. The topological polar surface area (TPSA) is 12.0 Å². The largest absolute Gasteiger partial charge is 0.326 e. The van der Waals surface area contributed by atoms with E-state index in [1.165, 1.54) is 21.6 Å². The van der Waals surface area contributed by atoms with Gasteiger partial charge in [0.25, 0.3) is 0 Å². The second-order valence-electron chi connectivity index (χ2n) is 4.96. The van der Waals surface area contributed by atoms with Crippen LogP contribution in [0.1, 0.15) is 5.56 Å². The maximum atomic E-state index is 3.38. The van der Waals surface area contributed by atoms with Crippen LogP contribution in [-0.4, -0.2) is 0 Å². The molecule has 3 rings (SSSR count). The van der Waals surface area contributed by atoms with Gasteiger partial charge in [-0.05, 0) is 59.8 Å². The Labute approximate surface area is 130 Å². The van der Waals surface area contributed by atoms with E-state index in [4.69, 9.17) is 0 Å². The predicted octanol–water partition coefficient (Wildman–Crippen LogP) is 5.78. The zero-order chi connectivity index (χ0) is 14.5. The van der Waals surface area contributed by atoms with Gasteiger partial charge < -0.3 is 4.72 Å². The molecule has 1 N–H and O–H groups in total. The fraction of sp³-hybridized carbons (Fsp3) is 0.0526. The Bertz CT molecular complexity index is 705. The zero-order valence-electron chi connectivity index (χ0n) is 11.9. The van der Waals surface area contributed by atoms with E-state index in [1.54, 1.807) is 11.9 Å². The van der Waals surface area contributed by atoms with Crippen LogP contribution in [0.5, 0.6) is 0 Å². The smallest absolute Gasteiger partial charge is 0.0445 e. The van der Waals surface area contributed by atoms with Gasteiger partial charge in [-0.2, -0.15) is 0 Å². The van der Waals surface area contributed by atoms with Gasteiger partial charge in [0, 0.05) is 10.6 Å². The van der Waals surface area contributed by atoms with Gasteiger partial charge in [-0.25, -0.2) is 0 Å². The van der Waals surface area contributed by atoms with E-state index < -0.39 is 0 Å². The molecule has 2 heteroatoms. The van der Waals surface area contributed by atoms with Gasteiger partial charge in [-0.1, -0.05) is 54.6 Å². The van der Waals surface area contributed by atoms with Crippen LogP contribution in [0.2, 0.25) is 0 Å². The highest BCUT2D eigenvalue weighted by molar-refractivity contribution is 8.00. The van der Waals surface area contributed by atoms with Crippen molar-refractivity contribution in [3.63, 3.8) is 0 Å². The van der Waals surface area contributed by atoms with Gasteiger partial charge in [0.15, 0.2) is 0 Å². The third-order valence-electron chi connectivity index (χ3n) is 3.27. The van der Waals surface area contributed by atoms with E-state index in [9.17, 15) is 0 Å². The number of anilines is 1. The molecule has 3 aromatic carbocycles. The van der Waals surface area contributed by atoms with Gasteiger partial charge in [0.05, 0.1) is 0 Å². The molecule has 0 radical (unpaired) electrons. The molecular weight excluding hydrogens is 274 g/mol. The van der Waals surface area contributed by atoms with E-state index in [-0.39, 0.29) is 0 Å². The molecule has 0 heterocycles. The molecule has 0 unspecified atom stereocenters. The Kier molecular flexibility index (Phi) is 4.27. The second kappa shape index (κ2) is 6.51. The molecule has 0 aliphatic rings. The normalized spacial score (nSPS) is 10.3. The lowest BCUT2D eigenvalue weighted by Gasteiger charge is -2.07. The first-order valence-electron chi connectivity index (χ1n) is 6.96. The number of hydrogen-bond acceptors (Lipinski definition) is 2. The summed E-state index contributed by atoms with van der Waals surface area (Å²) < 4.78 is 3.38. The van der Waals surface area contributed by atoms with Crippen LogP contribution in [0.4, 0.5) is 5.69 Å². The summed E-state index contributed by atoms with van der Waals surface area (Å²) in [5.74, 6) is 0. The SMILES string of the molecule is Cc1cccc(NSc2ccc(-c3ccccc3)cc2)c1.